The number of hydrogen-bond acceptors (Lipinski definition) is 2. The summed E-state index contributed by atoms with van der Waals surface area (Å²) in [6.45, 7) is 4.12. The lowest BCUT2D eigenvalue weighted by Crippen LogP contribution is -2.34. The van der Waals surface area contributed by atoms with Gasteiger partial charge in [-0.05, 0) is 48.2 Å². The number of benzene rings is 2. The molecule has 1 amide bonds. The minimum absolute atomic E-state index is 0.145. The zero-order valence-corrected chi connectivity index (χ0v) is 18.6. The van der Waals surface area contributed by atoms with Crippen LogP contribution < -0.4 is 5.32 Å². The lowest BCUT2D eigenvalue weighted by Gasteiger charge is -2.26. The number of anilines is 1. The monoisotopic (exact) mass is 475 g/mol. The van der Waals surface area contributed by atoms with Crippen molar-refractivity contribution in [3.05, 3.63) is 63.1 Å². The summed E-state index contributed by atoms with van der Waals surface area (Å²) in [5, 5.41) is 12.2. The van der Waals surface area contributed by atoms with E-state index in [0.29, 0.717) is 16.1 Å². The van der Waals surface area contributed by atoms with Gasteiger partial charge in [-0.2, -0.15) is 13.2 Å². The van der Waals surface area contributed by atoms with Gasteiger partial charge in [0.1, 0.15) is 0 Å². The summed E-state index contributed by atoms with van der Waals surface area (Å²) in [6, 6.07) is 8.74. The van der Waals surface area contributed by atoms with E-state index in [4.69, 9.17) is 28.3 Å². The van der Waals surface area contributed by atoms with Crippen molar-refractivity contribution in [2.45, 2.75) is 39.3 Å². The number of aliphatic carboxylic acids is 1. The number of amides is 1. The largest absolute Gasteiger partial charge is 0.481 e. The summed E-state index contributed by atoms with van der Waals surface area (Å²) >= 11 is 12.1. The maximum Gasteiger partial charge on any atom is 0.392 e. The van der Waals surface area contributed by atoms with E-state index in [1.807, 2.05) is 0 Å². The second-order valence-corrected chi connectivity index (χ2v) is 8.34. The first-order chi connectivity index (χ1) is 14.3. The third-order valence-electron chi connectivity index (χ3n) is 5.25. The van der Waals surface area contributed by atoms with Gasteiger partial charge in [-0.3, -0.25) is 9.59 Å². The predicted molar refractivity (Wildman–Crippen MR) is 115 cm³/mol. The van der Waals surface area contributed by atoms with Crippen LogP contribution in [0.5, 0.6) is 0 Å². The van der Waals surface area contributed by atoms with E-state index in [-0.39, 0.29) is 22.7 Å². The molecule has 9 heteroatoms. The molecule has 3 atom stereocenters. The van der Waals surface area contributed by atoms with Gasteiger partial charge in [0, 0.05) is 5.02 Å². The Bertz CT molecular complexity index is 962. The van der Waals surface area contributed by atoms with Gasteiger partial charge in [0.05, 0.1) is 28.5 Å². The second kappa shape index (κ2) is 9.92. The first kappa shape index (κ1) is 25.0. The Hall–Kier alpha value is -2.25. The van der Waals surface area contributed by atoms with E-state index in [1.54, 1.807) is 13.0 Å². The van der Waals surface area contributed by atoms with E-state index < -0.39 is 35.8 Å². The number of carboxylic acids is 1. The molecule has 1 unspecified atom stereocenters. The van der Waals surface area contributed by atoms with Gasteiger partial charge in [-0.15, -0.1) is 0 Å². The minimum atomic E-state index is -4.61. The van der Waals surface area contributed by atoms with Crippen LogP contribution in [0.25, 0.3) is 0 Å². The van der Waals surface area contributed by atoms with Crippen LogP contribution in [0.3, 0.4) is 0 Å². The molecular formula is C22H22Cl2F3NO3. The molecule has 2 aromatic carbocycles. The lowest BCUT2D eigenvalue weighted by molar-refractivity contribution is -0.178. The van der Waals surface area contributed by atoms with Crippen LogP contribution in [0.1, 0.15) is 36.5 Å². The summed E-state index contributed by atoms with van der Waals surface area (Å²) in [6.07, 6.45) is -4.43. The average molecular weight is 476 g/mol. The molecule has 0 heterocycles. The number of halogens is 5. The number of rotatable bonds is 7. The summed E-state index contributed by atoms with van der Waals surface area (Å²) in [7, 11) is 0. The van der Waals surface area contributed by atoms with Gasteiger partial charge in [0.25, 0.3) is 0 Å². The van der Waals surface area contributed by atoms with Crippen molar-refractivity contribution in [1.29, 1.82) is 0 Å². The highest BCUT2D eigenvalue weighted by atomic mass is 35.5. The van der Waals surface area contributed by atoms with Crippen LogP contribution in [0, 0.1) is 18.8 Å². The number of nitrogens with one attached hydrogen (secondary N) is 1. The van der Waals surface area contributed by atoms with E-state index in [9.17, 15) is 22.8 Å². The molecule has 168 valence electrons. The average Bonchev–Trinajstić information content (AvgIpc) is 2.68. The predicted octanol–water partition coefficient (Wildman–Crippen LogP) is 6.49. The quantitative estimate of drug-likeness (QED) is 0.481. The number of hydrogen-bond donors (Lipinski definition) is 2. The zero-order valence-electron chi connectivity index (χ0n) is 17.1. The Morgan fingerprint density at radius 3 is 2.16 bits per heavy atom. The molecule has 4 nitrogen and oxygen atoms in total. The maximum absolute atomic E-state index is 13.5. The number of alkyl halides is 3. The van der Waals surface area contributed by atoms with Crippen LogP contribution in [0.15, 0.2) is 36.4 Å². The van der Waals surface area contributed by atoms with Crippen LogP contribution in [-0.2, 0) is 16.0 Å². The van der Waals surface area contributed by atoms with Crippen LogP contribution in [0.4, 0.5) is 18.9 Å². The molecule has 0 aliphatic rings. The number of carboxylic acid groups (broad SMARTS) is 1. The molecule has 0 radical (unpaired) electrons. The highest BCUT2D eigenvalue weighted by molar-refractivity contribution is 6.34. The fourth-order valence-corrected chi connectivity index (χ4v) is 3.62. The second-order valence-electron chi connectivity index (χ2n) is 7.50. The molecule has 0 spiro atoms. The molecule has 0 aliphatic carbocycles. The van der Waals surface area contributed by atoms with Crippen molar-refractivity contribution in [1.82, 2.24) is 0 Å². The number of carbonyl (C=O) groups excluding carboxylic acids is 1. The van der Waals surface area contributed by atoms with Crippen molar-refractivity contribution in [2.24, 2.45) is 11.8 Å². The van der Waals surface area contributed by atoms with Gasteiger partial charge >= 0.3 is 12.1 Å². The highest BCUT2D eigenvalue weighted by Gasteiger charge is 2.45. The zero-order chi connectivity index (χ0) is 23.5. The van der Waals surface area contributed by atoms with Crippen molar-refractivity contribution in [2.75, 3.05) is 5.32 Å². The van der Waals surface area contributed by atoms with Crippen molar-refractivity contribution in [3.8, 4) is 0 Å². The fourth-order valence-electron chi connectivity index (χ4n) is 3.24. The summed E-state index contributed by atoms with van der Waals surface area (Å²) in [4.78, 5) is 24.2. The first-order valence-electron chi connectivity index (χ1n) is 9.46. The molecular weight excluding hydrogens is 454 g/mol. The Morgan fingerprint density at radius 1 is 1.06 bits per heavy atom. The number of carbonyl (C=O) groups is 2. The molecule has 0 saturated carbocycles. The third kappa shape index (κ3) is 6.14. The molecule has 2 aromatic rings. The molecule has 0 saturated heterocycles. The Balaban J connectivity index is 2.43. The van der Waals surface area contributed by atoms with Gasteiger partial charge in [0.2, 0.25) is 5.91 Å². The third-order valence-corrected chi connectivity index (χ3v) is 5.82. The molecule has 0 aliphatic heterocycles. The summed E-state index contributed by atoms with van der Waals surface area (Å²) in [5.41, 5.74) is 1.45. The molecule has 0 bridgehead atoms. The van der Waals surface area contributed by atoms with Crippen molar-refractivity contribution in [3.63, 3.8) is 0 Å². The van der Waals surface area contributed by atoms with Gasteiger partial charge in [-0.1, -0.05) is 55.2 Å². The topological polar surface area (TPSA) is 66.4 Å². The van der Waals surface area contributed by atoms with Crippen molar-refractivity contribution >= 4 is 40.8 Å². The smallest absolute Gasteiger partial charge is 0.392 e. The standard InChI is InChI=1S/C22H22Cl2F3NO3/c1-11(21(30)31)10-15-6-9-17(24)19(12(15)2)28-20(29)18(13(3)22(25,26)27)14-4-7-16(23)8-5-14/h4-9,11,13,18H,10H2,1-3H3,(H,28,29)(H,30,31)/t11?,13-,18+/m1/s1. The SMILES string of the molecule is Cc1c(CC(C)C(=O)O)ccc(Cl)c1NC(=O)[C@H](c1ccc(Cl)cc1)[C@@H](C)C(F)(F)F. The normalized spacial score (nSPS) is 14.6. The van der Waals surface area contributed by atoms with Gasteiger partial charge in [-0.25, -0.2) is 0 Å². The maximum atomic E-state index is 13.5. The Morgan fingerprint density at radius 2 is 1.65 bits per heavy atom. The van der Waals surface area contributed by atoms with Gasteiger partial charge in [0.15, 0.2) is 0 Å². The van der Waals surface area contributed by atoms with Crippen molar-refractivity contribution < 1.29 is 27.9 Å². The summed E-state index contributed by atoms with van der Waals surface area (Å²) < 4.78 is 40.6. The molecule has 31 heavy (non-hydrogen) atoms. The molecule has 2 rings (SSSR count). The first-order valence-corrected chi connectivity index (χ1v) is 10.2. The Labute approximate surface area is 188 Å². The fraction of sp³-hybridized carbons (Fsp3) is 0.364. The highest BCUT2D eigenvalue weighted by Crippen LogP contribution is 2.39. The molecule has 0 aromatic heterocycles. The molecule has 2 N–H and O–H groups in total. The van der Waals surface area contributed by atoms with E-state index in [1.165, 1.54) is 37.3 Å². The lowest BCUT2D eigenvalue weighted by atomic mass is 9.85. The van der Waals surface area contributed by atoms with Crippen LogP contribution >= 0.6 is 23.2 Å². The molecule has 0 fully saturated rings. The van der Waals surface area contributed by atoms with Gasteiger partial charge < -0.3 is 10.4 Å². The summed E-state index contributed by atoms with van der Waals surface area (Å²) in [5.74, 6) is -6.05. The van der Waals surface area contributed by atoms with E-state index in [2.05, 4.69) is 5.32 Å². The minimum Gasteiger partial charge on any atom is -0.481 e. The Kier molecular flexibility index (Phi) is 8.00. The van der Waals surface area contributed by atoms with E-state index in [0.717, 1.165) is 6.92 Å². The van der Waals surface area contributed by atoms with Crippen LogP contribution in [-0.4, -0.2) is 23.2 Å². The van der Waals surface area contributed by atoms with Crippen LogP contribution in [0.2, 0.25) is 10.0 Å². The van der Waals surface area contributed by atoms with E-state index >= 15 is 0 Å².